The first-order valence-corrected chi connectivity index (χ1v) is 5.91. The van der Waals surface area contributed by atoms with Gasteiger partial charge in [-0.25, -0.2) is 4.79 Å². The number of carboxylic acid groups (broad SMARTS) is 1. The SMILES string of the molecule is O=C(O)c1cc(-c2ccc3[nH]cc(Br)c3c2)on1. The van der Waals surface area contributed by atoms with Crippen molar-refractivity contribution in [2.45, 2.75) is 0 Å². The summed E-state index contributed by atoms with van der Waals surface area (Å²) in [5, 5.41) is 13.3. The molecule has 5 nitrogen and oxygen atoms in total. The first kappa shape index (κ1) is 11.0. The summed E-state index contributed by atoms with van der Waals surface area (Å²) in [4.78, 5) is 13.8. The lowest BCUT2D eigenvalue weighted by atomic mass is 10.1. The van der Waals surface area contributed by atoms with Gasteiger partial charge in [-0.1, -0.05) is 5.16 Å². The maximum Gasteiger partial charge on any atom is 0.358 e. The number of hydrogen-bond acceptors (Lipinski definition) is 3. The first-order chi connectivity index (χ1) is 8.65. The Morgan fingerprint density at radius 1 is 1.39 bits per heavy atom. The van der Waals surface area contributed by atoms with Crippen molar-refractivity contribution in [1.82, 2.24) is 10.1 Å². The Morgan fingerprint density at radius 2 is 2.22 bits per heavy atom. The average molecular weight is 307 g/mol. The highest BCUT2D eigenvalue weighted by atomic mass is 79.9. The van der Waals surface area contributed by atoms with Gasteiger partial charge in [-0.15, -0.1) is 0 Å². The van der Waals surface area contributed by atoms with E-state index in [9.17, 15) is 4.79 Å². The van der Waals surface area contributed by atoms with E-state index in [0.717, 1.165) is 20.9 Å². The van der Waals surface area contributed by atoms with Gasteiger partial charge in [0.1, 0.15) is 0 Å². The summed E-state index contributed by atoms with van der Waals surface area (Å²) in [5.74, 6) is -0.670. The Kier molecular flexibility index (Phi) is 2.45. The monoisotopic (exact) mass is 306 g/mol. The number of nitrogens with one attached hydrogen (secondary N) is 1. The largest absolute Gasteiger partial charge is 0.476 e. The van der Waals surface area contributed by atoms with Crippen molar-refractivity contribution < 1.29 is 14.4 Å². The van der Waals surface area contributed by atoms with Crippen molar-refractivity contribution in [1.29, 1.82) is 0 Å². The third-order valence-corrected chi connectivity index (χ3v) is 3.30. The van der Waals surface area contributed by atoms with E-state index in [1.807, 2.05) is 24.4 Å². The van der Waals surface area contributed by atoms with Crippen LogP contribution in [0.3, 0.4) is 0 Å². The third kappa shape index (κ3) is 1.70. The van der Waals surface area contributed by atoms with E-state index in [1.54, 1.807) is 0 Å². The Morgan fingerprint density at radius 3 is 2.94 bits per heavy atom. The second-order valence-electron chi connectivity index (χ2n) is 3.78. The fourth-order valence-corrected chi connectivity index (χ4v) is 2.19. The Labute approximate surface area is 110 Å². The Bertz CT molecular complexity index is 745. The smallest absolute Gasteiger partial charge is 0.358 e. The summed E-state index contributed by atoms with van der Waals surface area (Å²) in [6.07, 6.45) is 1.84. The highest BCUT2D eigenvalue weighted by Crippen LogP contribution is 2.29. The fraction of sp³-hybridized carbons (Fsp3) is 0. The summed E-state index contributed by atoms with van der Waals surface area (Å²) >= 11 is 3.43. The molecule has 18 heavy (non-hydrogen) atoms. The van der Waals surface area contributed by atoms with E-state index in [2.05, 4.69) is 26.1 Å². The number of aromatic nitrogens is 2. The number of carbonyl (C=O) groups is 1. The summed E-state index contributed by atoms with van der Waals surface area (Å²) in [7, 11) is 0. The number of fused-ring (bicyclic) bond motifs is 1. The number of H-pyrrole nitrogens is 1. The lowest BCUT2D eigenvalue weighted by Gasteiger charge is -1.96. The lowest BCUT2D eigenvalue weighted by Crippen LogP contribution is -1.94. The van der Waals surface area contributed by atoms with Crippen molar-refractivity contribution in [3.63, 3.8) is 0 Å². The standard InChI is InChI=1S/C12H7BrN2O3/c13-8-5-14-9-2-1-6(3-7(8)9)11-4-10(12(16)17)15-18-11/h1-5,14H,(H,16,17). The van der Waals surface area contributed by atoms with Crippen LogP contribution in [-0.4, -0.2) is 21.2 Å². The number of aromatic amines is 1. The van der Waals surface area contributed by atoms with E-state index >= 15 is 0 Å². The van der Waals surface area contributed by atoms with E-state index in [-0.39, 0.29) is 5.69 Å². The van der Waals surface area contributed by atoms with Gasteiger partial charge in [-0.3, -0.25) is 0 Å². The van der Waals surface area contributed by atoms with Gasteiger partial charge in [0, 0.05) is 33.2 Å². The minimum atomic E-state index is -1.10. The molecule has 0 amide bonds. The third-order valence-electron chi connectivity index (χ3n) is 2.65. The van der Waals surface area contributed by atoms with Crippen molar-refractivity contribution in [2.75, 3.05) is 0 Å². The molecule has 0 aliphatic heterocycles. The molecule has 6 heteroatoms. The Hall–Kier alpha value is -2.08. The molecule has 0 atom stereocenters. The number of hydrogen-bond donors (Lipinski definition) is 2. The maximum absolute atomic E-state index is 10.7. The lowest BCUT2D eigenvalue weighted by molar-refractivity contribution is 0.0686. The van der Waals surface area contributed by atoms with E-state index in [0.29, 0.717) is 5.76 Å². The number of carboxylic acids is 1. The van der Waals surface area contributed by atoms with Gasteiger partial charge in [-0.05, 0) is 34.1 Å². The molecule has 0 bridgehead atoms. The van der Waals surface area contributed by atoms with Gasteiger partial charge in [0.2, 0.25) is 0 Å². The van der Waals surface area contributed by atoms with Crippen LogP contribution in [0.5, 0.6) is 0 Å². The quantitative estimate of drug-likeness (QED) is 0.761. The molecule has 1 aromatic carbocycles. The molecular weight excluding hydrogens is 300 g/mol. The van der Waals surface area contributed by atoms with Crippen molar-refractivity contribution in [3.8, 4) is 11.3 Å². The number of nitrogens with zero attached hydrogens (tertiary/aromatic N) is 1. The molecule has 0 spiro atoms. The fourth-order valence-electron chi connectivity index (χ4n) is 1.75. The average Bonchev–Trinajstić information content (AvgIpc) is 2.96. The van der Waals surface area contributed by atoms with Crippen molar-refractivity contribution in [2.24, 2.45) is 0 Å². The molecule has 0 fully saturated rings. The molecule has 2 N–H and O–H groups in total. The molecule has 3 rings (SSSR count). The minimum Gasteiger partial charge on any atom is -0.476 e. The van der Waals surface area contributed by atoms with E-state index in [1.165, 1.54) is 6.07 Å². The van der Waals surface area contributed by atoms with Crippen LogP contribution < -0.4 is 0 Å². The van der Waals surface area contributed by atoms with Crippen LogP contribution in [0.2, 0.25) is 0 Å². The van der Waals surface area contributed by atoms with Crippen molar-refractivity contribution >= 4 is 32.8 Å². The zero-order chi connectivity index (χ0) is 12.7. The normalized spacial score (nSPS) is 10.9. The molecular formula is C12H7BrN2O3. The molecule has 0 saturated carbocycles. The number of rotatable bonds is 2. The van der Waals surface area contributed by atoms with Crippen LogP contribution in [0, 0.1) is 0 Å². The van der Waals surface area contributed by atoms with Gasteiger partial charge in [0.05, 0.1) is 0 Å². The summed E-state index contributed by atoms with van der Waals surface area (Å²) in [6.45, 7) is 0. The molecule has 0 aliphatic carbocycles. The zero-order valence-electron chi connectivity index (χ0n) is 8.98. The molecule has 2 aromatic heterocycles. The summed E-state index contributed by atoms with van der Waals surface area (Å²) < 4.78 is 5.96. The summed E-state index contributed by atoms with van der Waals surface area (Å²) in [6, 6.07) is 7.06. The Balaban J connectivity index is 2.12. The van der Waals surface area contributed by atoms with Crippen LogP contribution in [-0.2, 0) is 0 Å². The number of benzene rings is 1. The van der Waals surface area contributed by atoms with Crippen LogP contribution in [0.4, 0.5) is 0 Å². The molecule has 0 unspecified atom stereocenters. The predicted molar refractivity (Wildman–Crippen MR) is 68.5 cm³/mol. The first-order valence-electron chi connectivity index (χ1n) is 5.12. The van der Waals surface area contributed by atoms with Crippen LogP contribution in [0.15, 0.2) is 39.5 Å². The molecule has 0 saturated heterocycles. The van der Waals surface area contributed by atoms with Gasteiger partial charge in [0.25, 0.3) is 0 Å². The highest BCUT2D eigenvalue weighted by molar-refractivity contribution is 9.10. The van der Waals surface area contributed by atoms with Crippen LogP contribution in [0.1, 0.15) is 10.5 Å². The molecule has 0 radical (unpaired) electrons. The van der Waals surface area contributed by atoms with Gasteiger partial charge in [-0.2, -0.15) is 0 Å². The molecule has 3 aromatic rings. The maximum atomic E-state index is 10.7. The topological polar surface area (TPSA) is 79.1 Å². The highest BCUT2D eigenvalue weighted by Gasteiger charge is 2.13. The second kappa shape index (κ2) is 3.99. The zero-order valence-corrected chi connectivity index (χ0v) is 10.6. The molecule has 0 aliphatic rings. The van der Waals surface area contributed by atoms with Crippen LogP contribution >= 0.6 is 15.9 Å². The minimum absolute atomic E-state index is 0.0989. The second-order valence-corrected chi connectivity index (χ2v) is 4.63. The van der Waals surface area contributed by atoms with Gasteiger partial charge >= 0.3 is 5.97 Å². The number of aromatic carboxylic acids is 1. The molecule has 2 heterocycles. The predicted octanol–water partition coefficient (Wildman–Crippen LogP) is 3.28. The van der Waals surface area contributed by atoms with E-state index in [4.69, 9.17) is 9.63 Å². The van der Waals surface area contributed by atoms with Gasteiger partial charge in [0.15, 0.2) is 11.5 Å². The number of halogens is 1. The van der Waals surface area contributed by atoms with Gasteiger partial charge < -0.3 is 14.6 Å². The van der Waals surface area contributed by atoms with E-state index < -0.39 is 5.97 Å². The molecule has 90 valence electrons. The van der Waals surface area contributed by atoms with Crippen molar-refractivity contribution in [3.05, 3.63) is 40.6 Å². The van der Waals surface area contributed by atoms with Crippen LogP contribution in [0.25, 0.3) is 22.2 Å². The summed E-state index contributed by atoms with van der Waals surface area (Å²) in [5.41, 5.74) is 1.67.